The summed E-state index contributed by atoms with van der Waals surface area (Å²) in [4.78, 5) is 1.42. The van der Waals surface area contributed by atoms with Crippen molar-refractivity contribution in [1.29, 1.82) is 0 Å². The molecule has 0 radical (unpaired) electrons. The molecule has 0 amide bonds. The van der Waals surface area contributed by atoms with Gasteiger partial charge in [0.05, 0.1) is 0 Å². The van der Waals surface area contributed by atoms with Crippen LogP contribution < -0.4 is 21.2 Å². The summed E-state index contributed by atoms with van der Waals surface area (Å²) >= 11 is 1.99. The molecule has 104 valence electrons. The number of benzene rings is 1. The highest BCUT2D eigenvalue weighted by atomic mass is 127. The molecule has 0 nitrogen and oxygen atoms in total. The van der Waals surface area contributed by atoms with E-state index < -0.39 is 7.25 Å². The topological polar surface area (TPSA) is 0 Å². The molecule has 0 bridgehead atoms. The minimum absolute atomic E-state index is 0.0553. The van der Waals surface area contributed by atoms with Crippen molar-refractivity contribution in [3.05, 3.63) is 53.3 Å². The fraction of sp³-hybridized carbons (Fsp3) is 0.167. The lowest BCUT2D eigenvalue weighted by molar-refractivity contribution is -0.591. The van der Waals surface area contributed by atoms with Crippen molar-refractivity contribution in [3.8, 4) is 0 Å². The van der Waals surface area contributed by atoms with Crippen molar-refractivity contribution in [1.82, 2.24) is 0 Å². The third-order valence-corrected chi connectivity index (χ3v) is 6.12. The predicted molar refractivity (Wildman–Crippen MR) is 67.8 cm³/mol. The van der Waals surface area contributed by atoms with E-state index in [0.717, 1.165) is 0 Å². The van der Waals surface area contributed by atoms with Crippen LogP contribution in [0.25, 0.3) is 0 Å². The van der Waals surface area contributed by atoms with Crippen molar-refractivity contribution in [2.45, 2.75) is 13.8 Å². The highest BCUT2D eigenvalue weighted by Crippen LogP contribution is 2.06. The predicted octanol–water partition coefficient (Wildman–Crippen LogP) is 1.79. The summed E-state index contributed by atoms with van der Waals surface area (Å²) < 4.78 is 42.1. The molecule has 1 aromatic carbocycles. The molecule has 0 aliphatic heterocycles. The summed E-state index contributed by atoms with van der Waals surface area (Å²) in [7, 11) is -6.00. The highest BCUT2D eigenvalue weighted by Gasteiger charge is 2.20. The number of halogens is 5. The molecule has 0 fully saturated rings. The number of hydrogen-bond donors (Lipinski definition) is 0. The molecule has 0 saturated carbocycles. The van der Waals surface area contributed by atoms with Gasteiger partial charge >= 0.3 is 28.5 Å². The van der Waals surface area contributed by atoms with Crippen LogP contribution in [-0.2, 0) is 0 Å². The molecule has 2 aromatic rings. The van der Waals surface area contributed by atoms with Crippen molar-refractivity contribution in [2.24, 2.45) is 0 Å². The lowest BCUT2D eigenvalue weighted by atomic mass is 10.2. The summed E-state index contributed by atoms with van der Waals surface area (Å²) in [6.07, 6.45) is 0. The first-order valence-corrected chi connectivity index (χ1v) is 8.37. The Balaban J connectivity index is 0.000000312. The van der Waals surface area contributed by atoms with Gasteiger partial charge < -0.3 is 17.3 Å². The van der Waals surface area contributed by atoms with Crippen LogP contribution >= 0.6 is 11.3 Å². The molecule has 7 heteroatoms. The SMILES string of the molecule is Cc1ccc([I+]c2ccc(C)s2)cc1.F[B-](F)(F)F. The van der Waals surface area contributed by atoms with Crippen molar-refractivity contribution in [3.63, 3.8) is 0 Å². The molecule has 1 aromatic heterocycles. The molecule has 0 aliphatic rings. The molecule has 0 spiro atoms. The maximum atomic E-state index is 9.75. The van der Waals surface area contributed by atoms with Crippen LogP contribution in [0.15, 0.2) is 36.4 Å². The quantitative estimate of drug-likeness (QED) is 0.409. The van der Waals surface area contributed by atoms with E-state index in [1.807, 2.05) is 11.3 Å². The fourth-order valence-electron chi connectivity index (χ4n) is 1.16. The largest absolute Gasteiger partial charge is 0.673 e. The minimum Gasteiger partial charge on any atom is -0.418 e. The molecule has 2 rings (SSSR count). The number of aryl methyl sites for hydroxylation is 2. The lowest BCUT2D eigenvalue weighted by Gasteiger charge is -1.94. The minimum atomic E-state index is -6.00. The van der Waals surface area contributed by atoms with E-state index in [1.165, 1.54) is 14.0 Å². The molecule has 0 atom stereocenters. The van der Waals surface area contributed by atoms with Gasteiger partial charge in [-0.25, -0.2) is 0 Å². The van der Waals surface area contributed by atoms with Gasteiger partial charge in [0, 0.05) is 10.9 Å². The first kappa shape index (κ1) is 16.5. The molecule has 0 N–H and O–H groups in total. The van der Waals surface area contributed by atoms with Gasteiger partial charge in [-0.3, -0.25) is 0 Å². The Labute approximate surface area is 124 Å². The average molecular weight is 402 g/mol. The van der Waals surface area contributed by atoms with E-state index >= 15 is 0 Å². The van der Waals surface area contributed by atoms with Crippen LogP contribution in [0.1, 0.15) is 10.4 Å². The molecule has 1 heterocycles. The first-order valence-electron chi connectivity index (χ1n) is 5.39. The Kier molecular flexibility index (Phi) is 6.32. The van der Waals surface area contributed by atoms with Gasteiger partial charge in [0.25, 0.3) is 0 Å². The van der Waals surface area contributed by atoms with Gasteiger partial charge in [-0.1, -0.05) is 29.0 Å². The van der Waals surface area contributed by atoms with Gasteiger partial charge in [0.1, 0.15) is 0 Å². The van der Waals surface area contributed by atoms with E-state index in [0.29, 0.717) is 0 Å². The van der Waals surface area contributed by atoms with E-state index in [9.17, 15) is 17.3 Å². The highest BCUT2D eigenvalue weighted by molar-refractivity contribution is 7.09. The van der Waals surface area contributed by atoms with Gasteiger partial charge in [-0.05, 0) is 32.0 Å². The third kappa shape index (κ3) is 8.25. The molecule has 19 heavy (non-hydrogen) atoms. The Hall–Kier alpha value is -0.565. The lowest BCUT2D eigenvalue weighted by Crippen LogP contribution is -3.61. The van der Waals surface area contributed by atoms with E-state index in [1.54, 1.807) is 2.88 Å². The Morgan fingerprint density at radius 3 is 1.84 bits per heavy atom. The Morgan fingerprint density at radius 1 is 0.895 bits per heavy atom. The van der Waals surface area contributed by atoms with Crippen molar-refractivity contribution in [2.75, 3.05) is 0 Å². The normalized spacial score (nSPS) is 10.8. The zero-order valence-corrected chi connectivity index (χ0v) is 13.3. The maximum Gasteiger partial charge on any atom is 0.673 e. The fourth-order valence-corrected chi connectivity index (χ4v) is 5.44. The third-order valence-electron chi connectivity index (χ3n) is 1.92. The summed E-state index contributed by atoms with van der Waals surface area (Å²) in [6.45, 7) is 4.31. The van der Waals surface area contributed by atoms with E-state index in [2.05, 4.69) is 50.2 Å². The second-order valence-corrected chi connectivity index (χ2v) is 8.70. The molecule has 0 aliphatic carbocycles. The maximum absolute atomic E-state index is 9.75. The van der Waals surface area contributed by atoms with Crippen molar-refractivity contribution >= 4 is 18.6 Å². The Bertz CT molecular complexity index is 501. The van der Waals surface area contributed by atoms with Gasteiger partial charge in [0.2, 0.25) is 2.88 Å². The van der Waals surface area contributed by atoms with Gasteiger partial charge in [-0.15, -0.1) is 0 Å². The van der Waals surface area contributed by atoms with Crippen LogP contribution in [0.5, 0.6) is 0 Å². The summed E-state index contributed by atoms with van der Waals surface area (Å²) in [5.41, 5.74) is 1.35. The summed E-state index contributed by atoms with van der Waals surface area (Å²) in [5, 5.41) is 0. The summed E-state index contributed by atoms with van der Waals surface area (Å²) in [6, 6.07) is 13.4. The monoisotopic (exact) mass is 402 g/mol. The van der Waals surface area contributed by atoms with Crippen LogP contribution in [0.2, 0.25) is 0 Å². The summed E-state index contributed by atoms with van der Waals surface area (Å²) in [5.74, 6) is 0. The first-order chi connectivity index (χ1) is 8.74. The van der Waals surface area contributed by atoms with E-state index in [4.69, 9.17) is 0 Å². The second-order valence-electron chi connectivity index (χ2n) is 3.74. The Morgan fingerprint density at radius 2 is 1.42 bits per heavy atom. The smallest absolute Gasteiger partial charge is 0.418 e. The number of rotatable bonds is 2. The number of thiophene rings is 1. The standard InChI is InChI=1S/C12H12IS.BF4/c1-9-3-6-11(7-4-9)13-12-8-5-10(2)14-12;2-1(3,4)5/h3-8H,1-2H3;/q+1;-1. The van der Waals surface area contributed by atoms with Crippen LogP contribution in [0, 0.1) is 20.3 Å². The molecular formula is C12H12BF4IS. The van der Waals surface area contributed by atoms with E-state index in [-0.39, 0.29) is 21.2 Å². The second kappa shape index (κ2) is 7.28. The van der Waals surface area contributed by atoms with Gasteiger partial charge in [0.15, 0.2) is 3.57 Å². The van der Waals surface area contributed by atoms with Crippen LogP contribution in [-0.4, -0.2) is 7.25 Å². The van der Waals surface area contributed by atoms with Crippen LogP contribution in [0.4, 0.5) is 17.3 Å². The molecular weight excluding hydrogens is 390 g/mol. The van der Waals surface area contributed by atoms with Crippen molar-refractivity contribution < 1.29 is 38.5 Å². The van der Waals surface area contributed by atoms with Gasteiger partial charge in [-0.2, -0.15) is 0 Å². The molecule has 0 saturated heterocycles. The average Bonchev–Trinajstić information content (AvgIpc) is 2.65. The number of hydrogen-bond acceptors (Lipinski definition) is 1. The zero-order valence-electron chi connectivity index (χ0n) is 10.3. The molecule has 0 unspecified atom stereocenters. The zero-order chi connectivity index (χ0) is 14.5. The van der Waals surface area contributed by atoms with Crippen LogP contribution in [0.3, 0.4) is 0 Å².